The third-order valence-electron chi connectivity index (χ3n) is 17.8. The first kappa shape index (κ1) is 44.8. The molecular formula is C71H58N4O. The Bertz CT molecular complexity index is 3890. The zero-order chi connectivity index (χ0) is 50.3. The van der Waals surface area contributed by atoms with E-state index in [0.29, 0.717) is 18.5 Å². The van der Waals surface area contributed by atoms with Crippen LogP contribution in [-0.2, 0) is 5.41 Å². The van der Waals surface area contributed by atoms with Gasteiger partial charge in [0.1, 0.15) is 24.0 Å². The highest BCUT2D eigenvalue weighted by Crippen LogP contribution is 2.65. The van der Waals surface area contributed by atoms with Crippen LogP contribution < -0.4 is 14.5 Å². The zero-order valence-corrected chi connectivity index (χ0v) is 42.8. The fourth-order valence-corrected chi connectivity index (χ4v) is 14.8. The smallest absolute Gasteiger partial charge is 0.137 e. The average molecular weight is 983 g/mol. The fraction of sp³-hybridized carbons (Fsp3) is 0.169. The molecule has 11 aromatic rings. The lowest BCUT2D eigenvalue weighted by Crippen LogP contribution is -2.56. The maximum absolute atomic E-state index is 7.18. The summed E-state index contributed by atoms with van der Waals surface area (Å²) >= 11 is 0. The molecule has 4 fully saturated rings. The number of fused-ring (bicyclic) bond motifs is 4. The second-order valence-corrected chi connectivity index (χ2v) is 22.1. The van der Waals surface area contributed by atoms with Gasteiger partial charge in [-0.1, -0.05) is 169 Å². The van der Waals surface area contributed by atoms with Crippen LogP contribution >= 0.6 is 0 Å². The van der Waals surface area contributed by atoms with Gasteiger partial charge in [-0.2, -0.15) is 0 Å². The molecule has 0 N–H and O–H groups in total. The number of rotatable bonds is 10. The van der Waals surface area contributed by atoms with Crippen molar-refractivity contribution in [3.05, 3.63) is 253 Å². The zero-order valence-electron chi connectivity index (χ0n) is 42.8. The van der Waals surface area contributed by atoms with E-state index in [1.54, 1.807) is 0 Å². The molecule has 4 aliphatic carbocycles. The van der Waals surface area contributed by atoms with Crippen molar-refractivity contribution in [1.82, 2.24) is 9.55 Å². The molecule has 2 aromatic heterocycles. The van der Waals surface area contributed by atoms with Gasteiger partial charge in [0.05, 0.1) is 28.1 Å². The summed E-state index contributed by atoms with van der Waals surface area (Å²) in [6, 6.07) is 84.3. The van der Waals surface area contributed by atoms with E-state index in [4.69, 9.17) is 9.72 Å². The summed E-state index contributed by atoms with van der Waals surface area (Å²) in [7, 11) is 0. The van der Waals surface area contributed by atoms with Crippen molar-refractivity contribution in [2.75, 3.05) is 16.5 Å². The highest BCUT2D eigenvalue weighted by molar-refractivity contribution is 6.09. The molecule has 16 rings (SSSR count). The molecule has 368 valence electrons. The lowest BCUT2D eigenvalue weighted by Gasteiger charge is -2.62. The maximum Gasteiger partial charge on any atom is 0.137 e. The number of aryl methyl sites for hydroxylation is 1. The van der Waals surface area contributed by atoms with Crippen LogP contribution in [-0.4, -0.2) is 16.2 Å². The van der Waals surface area contributed by atoms with Gasteiger partial charge in [-0.05, 0) is 151 Å². The van der Waals surface area contributed by atoms with Gasteiger partial charge in [-0.25, -0.2) is 4.98 Å². The number of anilines is 4. The van der Waals surface area contributed by atoms with Gasteiger partial charge in [0.15, 0.2) is 0 Å². The first-order valence-electron chi connectivity index (χ1n) is 27.4. The molecule has 4 bridgehead atoms. The van der Waals surface area contributed by atoms with Gasteiger partial charge >= 0.3 is 0 Å². The van der Waals surface area contributed by atoms with E-state index in [-0.39, 0.29) is 5.41 Å². The van der Waals surface area contributed by atoms with Crippen LogP contribution in [0.4, 0.5) is 22.7 Å². The number of para-hydroxylation sites is 4. The van der Waals surface area contributed by atoms with Gasteiger partial charge in [0.25, 0.3) is 0 Å². The second kappa shape index (κ2) is 18.0. The molecular weight excluding hydrogens is 925 g/mol. The third-order valence-corrected chi connectivity index (χ3v) is 17.8. The van der Waals surface area contributed by atoms with E-state index in [1.807, 2.05) is 0 Å². The lowest BCUT2D eigenvalue weighted by molar-refractivity contribution is -0.0418. The minimum Gasteiger partial charge on any atom is -0.457 e. The minimum absolute atomic E-state index is 0.0321. The summed E-state index contributed by atoms with van der Waals surface area (Å²) in [6.45, 7) is 2.82. The van der Waals surface area contributed by atoms with Crippen LogP contribution in [0, 0.1) is 30.6 Å². The lowest BCUT2D eigenvalue weighted by atomic mass is 9.42. The molecule has 9 aromatic carbocycles. The van der Waals surface area contributed by atoms with Gasteiger partial charge in [-0.15, -0.1) is 0 Å². The van der Waals surface area contributed by atoms with E-state index in [2.05, 4.69) is 258 Å². The number of ether oxygens (including phenoxy) is 1. The molecule has 5 heteroatoms. The molecule has 0 amide bonds. The number of nitrogens with zero attached hydrogens (tertiary/aromatic N) is 4. The predicted molar refractivity (Wildman–Crippen MR) is 312 cm³/mol. The molecule has 0 saturated heterocycles. The van der Waals surface area contributed by atoms with Crippen molar-refractivity contribution >= 4 is 44.6 Å². The number of hydrogen-bond donors (Lipinski definition) is 0. The van der Waals surface area contributed by atoms with Crippen LogP contribution in [0.25, 0.3) is 61.0 Å². The molecule has 1 aliphatic heterocycles. The Morgan fingerprint density at radius 3 is 1.74 bits per heavy atom. The monoisotopic (exact) mass is 982 g/mol. The number of pyridine rings is 1. The Hall–Kier alpha value is -8.67. The molecule has 5 aliphatic rings. The van der Waals surface area contributed by atoms with Crippen LogP contribution in [0.15, 0.2) is 237 Å². The maximum atomic E-state index is 7.18. The van der Waals surface area contributed by atoms with Crippen molar-refractivity contribution < 1.29 is 4.74 Å². The van der Waals surface area contributed by atoms with E-state index < -0.39 is 0 Å². The van der Waals surface area contributed by atoms with Gasteiger partial charge in [-0.3, -0.25) is 4.57 Å². The summed E-state index contributed by atoms with van der Waals surface area (Å²) in [6.07, 6.45) is 8.80. The summed E-state index contributed by atoms with van der Waals surface area (Å²) in [4.78, 5) is 10.2. The van der Waals surface area contributed by atoms with E-state index in [1.165, 1.54) is 87.5 Å². The van der Waals surface area contributed by atoms with Gasteiger partial charge in [0, 0.05) is 51.3 Å². The Morgan fingerprint density at radius 2 is 1.05 bits per heavy atom. The van der Waals surface area contributed by atoms with Crippen LogP contribution in [0.3, 0.4) is 0 Å². The second-order valence-electron chi connectivity index (χ2n) is 22.1. The number of benzene rings is 9. The molecule has 5 nitrogen and oxygen atoms in total. The van der Waals surface area contributed by atoms with Gasteiger partial charge < -0.3 is 14.5 Å². The fourth-order valence-electron chi connectivity index (χ4n) is 14.8. The van der Waals surface area contributed by atoms with Crippen LogP contribution in [0.1, 0.15) is 48.8 Å². The molecule has 76 heavy (non-hydrogen) atoms. The Morgan fingerprint density at radius 1 is 0.447 bits per heavy atom. The average Bonchev–Trinajstić information content (AvgIpc) is 4.14. The molecule has 0 spiro atoms. The van der Waals surface area contributed by atoms with Crippen LogP contribution in [0.5, 0.6) is 11.5 Å². The first-order chi connectivity index (χ1) is 37.5. The van der Waals surface area contributed by atoms with Crippen molar-refractivity contribution in [2.24, 2.45) is 23.7 Å². The Labute approximate surface area is 445 Å². The molecule has 0 radical (unpaired) electrons. The Kier molecular flexibility index (Phi) is 10.6. The van der Waals surface area contributed by atoms with E-state index >= 15 is 0 Å². The molecule has 0 unspecified atom stereocenters. The third kappa shape index (κ3) is 7.31. The topological polar surface area (TPSA) is 33.5 Å². The predicted octanol–water partition coefficient (Wildman–Crippen LogP) is 18.3. The SMILES string of the molecule is Cc1ccc(C2(c3ccnc(-n4c5ccccc5c5ccc(Oc6cc(-c7ccccc7)cc(N7CN(c8c(-c9ccccc9)cccc8-c8ccccc8)c8ccccc87)c6)cc54)c3)C3CC4CC(C3)CC2C4)cc1. The number of aromatic nitrogens is 2. The number of hydrogen-bond acceptors (Lipinski definition) is 4. The first-order valence-corrected chi connectivity index (χ1v) is 27.4. The van der Waals surface area contributed by atoms with E-state index in [0.717, 1.165) is 68.4 Å². The summed E-state index contributed by atoms with van der Waals surface area (Å²) in [5.74, 6) is 5.48. The molecule has 4 saturated carbocycles. The quantitative estimate of drug-likeness (QED) is 0.137. The van der Waals surface area contributed by atoms with Crippen molar-refractivity contribution in [3.8, 4) is 50.7 Å². The molecule has 0 atom stereocenters. The summed E-state index contributed by atoms with van der Waals surface area (Å²) < 4.78 is 9.57. The highest BCUT2D eigenvalue weighted by atomic mass is 16.5. The standard InChI is InChI=1S/C71H58N4O/c1-47-28-30-54(31-29-47)71(56-37-48-36-49(39-56)40-57(71)38-48)55-34-35-72-69(43-55)75-65-25-12-11-22-63(65)64-33-32-59(45-68(64)75)76-60-42-53(50-16-5-2-6-17-50)41-58(44-60)73-46-74(67-27-14-13-26-66(67)73)70-61(51-18-7-3-8-19-51)23-15-24-62(70)52-20-9-4-10-21-52/h2-35,41-45,48-49,56-57H,36-40,46H2,1H3. The van der Waals surface area contributed by atoms with Gasteiger partial charge in [0.2, 0.25) is 0 Å². The largest absolute Gasteiger partial charge is 0.457 e. The summed E-state index contributed by atoms with van der Waals surface area (Å²) in [5.41, 5.74) is 17.9. The highest BCUT2D eigenvalue weighted by Gasteiger charge is 2.58. The normalized spacial score (nSPS) is 20.4. The molecule has 3 heterocycles. The van der Waals surface area contributed by atoms with Crippen LogP contribution in [0.2, 0.25) is 0 Å². The summed E-state index contributed by atoms with van der Waals surface area (Å²) in [5, 5.41) is 2.38. The Balaban J connectivity index is 0.845. The van der Waals surface area contributed by atoms with Crippen molar-refractivity contribution in [1.29, 1.82) is 0 Å². The minimum atomic E-state index is -0.0321. The van der Waals surface area contributed by atoms with E-state index in [9.17, 15) is 0 Å². The van der Waals surface area contributed by atoms with Crippen molar-refractivity contribution in [3.63, 3.8) is 0 Å². The van der Waals surface area contributed by atoms with Crippen molar-refractivity contribution in [2.45, 2.75) is 44.4 Å².